The standard InChI is InChI=1S/C36H33N3O4/c1-2-3-20-42-22-26(40)23-43-27-18-19-32(33(41)21-27)36-34(30-16-8-12-24-10-4-6-14-28(24)30)35(37-39-38-36)31-17-9-13-25-11-5-7-15-29(25)31/h4-19,21,26,40-41H,2-3,20,22-23H2,1H3. The van der Waals surface area contributed by atoms with Gasteiger partial charge in [-0.05, 0) is 50.9 Å². The van der Waals surface area contributed by atoms with Gasteiger partial charge in [0, 0.05) is 29.4 Å². The Labute approximate surface area is 250 Å². The van der Waals surface area contributed by atoms with E-state index in [4.69, 9.17) is 9.47 Å². The van der Waals surface area contributed by atoms with E-state index in [0.717, 1.165) is 51.1 Å². The average molecular weight is 572 g/mol. The minimum atomic E-state index is -0.772. The Morgan fingerprint density at radius 3 is 2.02 bits per heavy atom. The maximum atomic E-state index is 11.3. The lowest BCUT2D eigenvalue weighted by atomic mass is 9.90. The van der Waals surface area contributed by atoms with Crippen LogP contribution in [0.5, 0.6) is 11.5 Å². The quantitative estimate of drug-likeness (QED) is 0.156. The molecule has 0 bridgehead atoms. The highest BCUT2D eigenvalue weighted by Crippen LogP contribution is 2.44. The fourth-order valence-corrected chi connectivity index (χ4v) is 5.34. The molecule has 0 aliphatic carbocycles. The van der Waals surface area contributed by atoms with Crippen LogP contribution >= 0.6 is 0 Å². The van der Waals surface area contributed by atoms with Gasteiger partial charge in [-0.15, -0.1) is 10.2 Å². The van der Waals surface area contributed by atoms with Crippen molar-refractivity contribution in [3.05, 3.63) is 103 Å². The average Bonchev–Trinajstić information content (AvgIpc) is 3.05. The first-order valence-electron chi connectivity index (χ1n) is 14.6. The molecule has 1 atom stereocenters. The Balaban J connectivity index is 1.44. The zero-order valence-corrected chi connectivity index (χ0v) is 24.0. The number of phenols is 1. The summed E-state index contributed by atoms with van der Waals surface area (Å²) in [5, 5.41) is 39.0. The molecule has 0 spiro atoms. The van der Waals surface area contributed by atoms with Gasteiger partial charge in [0.2, 0.25) is 0 Å². The summed E-state index contributed by atoms with van der Waals surface area (Å²) in [6.45, 7) is 2.94. The molecule has 1 aromatic heterocycles. The summed E-state index contributed by atoms with van der Waals surface area (Å²) >= 11 is 0. The number of aromatic hydroxyl groups is 1. The van der Waals surface area contributed by atoms with Crippen LogP contribution < -0.4 is 4.74 Å². The molecule has 7 heteroatoms. The molecule has 0 aliphatic rings. The summed E-state index contributed by atoms with van der Waals surface area (Å²) in [5.74, 6) is 0.411. The van der Waals surface area contributed by atoms with E-state index in [1.54, 1.807) is 12.1 Å². The van der Waals surface area contributed by atoms with Crippen molar-refractivity contribution in [1.29, 1.82) is 0 Å². The summed E-state index contributed by atoms with van der Waals surface area (Å²) in [6.07, 6.45) is 1.21. The first-order valence-corrected chi connectivity index (χ1v) is 14.6. The minimum absolute atomic E-state index is 0.0166. The zero-order valence-electron chi connectivity index (χ0n) is 24.0. The van der Waals surface area contributed by atoms with E-state index in [2.05, 4.69) is 64.8 Å². The largest absolute Gasteiger partial charge is 0.507 e. The van der Waals surface area contributed by atoms with Crippen LogP contribution in [-0.4, -0.2) is 51.5 Å². The van der Waals surface area contributed by atoms with E-state index in [9.17, 15) is 10.2 Å². The van der Waals surface area contributed by atoms with Crippen LogP contribution in [0.4, 0.5) is 0 Å². The third-order valence-electron chi connectivity index (χ3n) is 7.49. The third kappa shape index (κ3) is 6.04. The Hall–Kier alpha value is -4.85. The molecule has 1 unspecified atom stereocenters. The highest BCUT2D eigenvalue weighted by atomic mass is 16.5. The van der Waals surface area contributed by atoms with Crippen molar-refractivity contribution in [2.75, 3.05) is 19.8 Å². The van der Waals surface area contributed by atoms with Crippen molar-refractivity contribution in [3.63, 3.8) is 0 Å². The van der Waals surface area contributed by atoms with Crippen LogP contribution in [0.3, 0.4) is 0 Å². The van der Waals surface area contributed by atoms with Crippen molar-refractivity contribution < 1.29 is 19.7 Å². The molecule has 216 valence electrons. The second-order valence-electron chi connectivity index (χ2n) is 10.5. The molecule has 7 nitrogen and oxygen atoms in total. The Morgan fingerprint density at radius 2 is 1.33 bits per heavy atom. The molecule has 0 fully saturated rings. The number of rotatable bonds is 11. The number of hydrogen-bond acceptors (Lipinski definition) is 7. The topological polar surface area (TPSA) is 97.6 Å². The van der Waals surface area contributed by atoms with E-state index in [1.807, 2.05) is 42.5 Å². The Kier molecular flexibility index (Phi) is 8.54. The van der Waals surface area contributed by atoms with E-state index in [-0.39, 0.29) is 19.0 Å². The van der Waals surface area contributed by atoms with Crippen LogP contribution in [0, 0.1) is 0 Å². The molecular weight excluding hydrogens is 538 g/mol. The number of phenolic OH excluding ortho intramolecular Hbond substituents is 1. The number of hydrogen-bond donors (Lipinski definition) is 2. The number of nitrogens with zero attached hydrogens (tertiary/aromatic N) is 3. The Bertz CT molecular complexity index is 1860. The molecule has 0 saturated carbocycles. The predicted molar refractivity (Wildman–Crippen MR) is 170 cm³/mol. The maximum absolute atomic E-state index is 11.3. The monoisotopic (exact) mass is 571 g/mol. The number of unbranched alkanes of at least 4 members (excludes halogenated alkanes) is 1. The fourth-order valence-electron chi connectivity index (χ4n) is 5.34. The van der Waals surface area contributed by atoms with Crippen molar-refractivity contribution in [2.24, 2.45) is 0 Å². The molecule has 0 amide bonds. The number of fused-ring (bicyclic) bond motifs is 2. The molecule has 0 aliphatic heterocycles. The van der Waals surface area contributed by atoms with Crippen LogP contribution in [0.1, 0.15) is 19.8 Å². The molecule has 5 aromatic carbocycles. The molecule has 2 N–H and O–H groups in total. The van der Waals surface area contributed by atoms with Gasteiger partial charge >= 0.3 is 0 Å². The predicted octanol–water partition coefficient (Wildman–Crippen LogP) is 7.44. The summed E-state index contributed by atoms with van der Waals surface area (Å²) in [5.41, 5.74) is 4.30. The molecule has 6 aromatic rings. The highest BCUT2D eigenvalue weighted by Gasteiger charge is 2.23. The van der Waals surface area contributed by atoms with Crippen LogP contribution in [-0.2, 0) is 4.74 Å². The van der Waals surface area contributed by atoms with Crippen molar-refractivity contribution >= 4 is 21.5 Å². The fraction of sp³-hybridized carbons (Fsp3) is 0.194. The summed E-state index contributed by atoms with van der Waals surface area (Å²) in [7, 11) is 0. The number of ether oxygens (including phenoxy) is 2. The lowest BCUT2D eigenvalue weighted by Crippen LogP contribution is -2.23. The first kappa shape index (κ1) is 28.3. The lowest BCUT2D eigenvalue weighted by Gasteiger charge is -2.17. The number of benzene rings is 5. The van der Waals surface area contributed by atoms with E-state index in [1.165, 1.54) is 6.07 Å². The van der Waals surface area contributed by atoms with Gasteiger partial charge in [0.05, 0.1) is 6.61 Å². The van der Waals surface area contributed by atoms with Crippen molar-refractivity contribution in [2.45, 2.75) is 25.9 Å². The molecule has 1 heterocycles. The highest BCUT2D eigenvalue weighted by molar-refractivity contribution is 6.07. The number of aromatic nitrogens is 3. The van der Waals surface area contributed by atoms with Gasteiger partial charge in [0.15, 0.2) is 0 Å². The normalized spacial score (nSPS) is 12.0. The third-order valence-corrected chi connectivity index (χ3v) is 7.49. The molecule has 6 rings (SSSR count). The van der Waals surface area contributed by atoms with Crippen LogP contribution in [0.25, 0.3) is 55.2 Å². The lowest BCUT2D eigenvalue weighted by molar-refractivity contribution is 0.0113. The Morgan fingerprint density at radius 1 is 0.698 bits per heavy atom. The van der Waals surface area contributed by atoms with E-state index >= 15 is 0 Å². The maximum Gasteiger partial charge on any atom is 0.128 e. The molecule has 43 heavy (non-hydrogen) atoms. The second-order valence-corrected chi connectivity index (χ2v) is 10.5. The van der Waals surface area contributed by atoms with Gasteiger partial charge in [-0.1, -0.05) is 98.3 Å². The second kappa shape index (κ2) is 13.0. The molecule has 0 radical (unpaired) electrons. The summed E-state index contributed by atoms with van der Waals surface area (Å²) in [6, 6.07) is 33.7. The number of aliphatic hydroxyl groups excluding tert-OH is 1. The summed E-state index contributed by atoms with van der Waals surface area (Å²) < 4.78 is 11.3. The first-order chi connectivity index (χ1) is 21.1. The van der Waals surface area contributed by atoms with Crippen LogP contribution in [0.2, 0.25) is 0 Å². The van der Waals surface area contributed by atoms with Gasteiger partial charge in [0.25, 0.3) is 0 Å². The molecular formula is C36H33N3O4. The van der Waals surface area contributed by atoms with E-state index < -0.39 is 6.10 Å². The minimum Gasteiger partial charge on any atom is -0.507 e. The van der Waals surface area contributed by atoms with Gasteiger partial charge in [0.1, 0.15) is 35.6 Å². The van der Waals surface area contributed by atoms with Crippen LogP contribution in [0.15, 0.2) is 103 Å². The molecule has 0 saturated heterocycles. The van der Waals surface area contributed by atoms with Crippen molar-refractivity contribution in [3.8, 4) is 45.1 Å². The SMILES string of the molecule is CCCCOCC(O)COc1ccc(-c2nnnc(-c3cccc4ccccc34)c2-c2cccc3ccccc23)c(O)c1. The van der Waals surface area contributed by atoms with E-state index in [0.29, 0.717) is 29.3 Å². The van der Waals surface area contributed by atoms with Gasteiger partial charge < -0.3 is 19.7 Å². The van der Waals surface area contributed by atoms with Crippen molar-refractivity contribution in [1.82, 2.24) is 15.4 Å². The van der Waals surface area contributed by atoms with Gasteiger partial charge in [-0.25, -0.2) is 0 Å². The summed E-state index contributed by atoms with van der Waals surface area (Å²) in [4.78, 5) is 0. The zero-order chi connectivity index (χ0) is 29.6. The van der Waals surface area contributed by atoms with Gasteiger partial charge in [-0.3, -0.25) is 0 Å². The smallest absolute Gasteiger partial charge is 0.128 e. The van der Waals surface area contributed by atoms with Gasteiger partial charge in [-0.2, -0.15) is 0 Å². The number of aliphatic hydroxyl groups is 1.